The van der Waals surface area contributed by atoms with Crippen LogP contribution in [0.2, 0.25) is 0 Å². The van der Waals surface area contributed by atoms with Gasteiger partial charge in [0.05, 0.1) is 12.0 Å². The molecular formula is C16H24N2O5. The Morgan fingerprint density at radius 2 is 1.83 bits per heavy atom. The molecule has 2 rings (SSSR count). The summed E-state index contributed by atoms with van der Waals surface area (Å²) in [5.74, 6) is -3.19. The molecule has 3 atom stereocenters. The van der Waals surface area contributed by atoms with Gasteiger partial charge in [-0.1, -0.05) is 13.3 Å². The number of Topliss-reactive ketones (excluding diaryl/α,β-unsaturated/α-hetero) is 1. The Balaban J connectivity index is 2.12. The first-order chi connectivity index (χ1) is 10.6. The van der Waals surface area contributed by atoms with Crippen LogP contribution >= 0.6 is 0 Å². The Bertz CT molecular complexity index is 533. The zero-order valence-corrected chi connectivity index (χ0v) is 14.0. The number of carbonyl (C=O) groups is 4. The molecule has 1 aliphatic heterocycles. The molecule has 128 valence electrons. The fraction of sp³-hybridized carbons (Fsp3) is 0.750. The van der Waals surface area contributed by atoms with E-state index < -0.39 is 47.2 Å². The van der Waals surface area contributed by atoms with Gasteiger partial charge in [-0.05, 0) is 39.5 Å². The van der Waals surface area contributed by atoms with Crippen molar-refractivity contribution in [2.24, 2.45) is 17.8 Å². The van der Waals surface area contributed by atoms with Gasteiger partial charge in [0.1, 0.15) is 11.5 Å². The molecule has 0 radical (unpaired) electrons. The lowest BCUT2D eigenvalue weighted by Crippen LogP contribution is -2.52. The molecule has 0 aromatic heterocycles. The van der Waals surface area contributed by atoms with Crippen LogP contribution in [0.15, 0.2) is 0 Å². The van der Waals surface area contributed by atoms with Crippen LogP contribution in [0.3, 0.4) is 0 Å². The van der Waals surface area contributed by atoms with Crippen molar-refractivity contribution in [1.82, 2.24) is 10.6 Å². The molecule has 7 heteroatoms. The number of rotatable bonds is 4. The van der Waals surface area contributed by atoms with Crippen LogP contribution in [0.1, 0.15) is 47.0 Å². The number of nitrogens with one attached hydrogen (secondary N) is 2. The van der Waals surface area contributed by atoms with Crippen molar-refractivity contribution in [2.75, 3.05) is 0 Å². The minimum atomic E-state index is -1.04. The maximum atomic E-state index is 12.8. The van der Waals surface area contributed by atoms with Crippen molar-refractivity contribution in [3.05, 3.63) is 0 Å². The minimum absolute atomic E-state index is 0.00859. The normalized spacial score (nSPS) is 26.3. The molecule has 0 bridgehead atoms. The summed E-state index contributed by atoms with van der Waals surface area (Å²) >= 11 is 0. The Morgan fingerprint density at radius 1 is 1.22 bits per heavy atom. The number of hydrogen-bond donors (Lipinski definition) is 2. The molecule has 0 spiro atoms. The second-order valence-electron chi connectivity index (χ2n) is 7.34. The number of carbonyl (C=O) groups excluding carboxylic acids is 4. The van der Waals surface area contributed by atoms with Crippen molar-refractivity contribution < 1.29 is 23.9 Å². The second kappa shape index (κ2) is 6.29. The maximum Gasteiger partial charge on any atom is 0.408 e. The van der Waals surface area contributed by atoms with E-state index in [1.165, 1.54) is 0 Å². The number of hydrogen-bond acceptors (Lipinski definition) is 5. The first-order valence-electron chi connectivity index (χ1n) is 7.98. The zero-order valence-electron chi connectivity index (χ0n) is 14.0. The van der Waals surface area contributed by atoms with E-state index in [0.717, 1.165) is 19.3 Å². The summed E-state index contributed by atoms with van der Waals surface area (Å²) in [4.78, 5) is 48.2. The van der Waals surface area contributed by atoms with Gasteiger partial charge in [-0.25, -0.2) is 4.79 Å². The average molecular weight is 324 g/mol. The Hall–Kier alpha value is -1.92. The van der Waals surface area contributed by atoms with Crippen molar-refractivity contribution in [3.63, 3.8) is 0 Å². The highest BCUT2D eigenvalue weighted by molar-refractivity contribution is 6.16. The van der Waals surface area contributed by atoms with Crippen LogP contribution < -0.4 is 10.6 Å². The van der Waals surface area contributed by atoms with E-state index >= 15 is 0 Å². The third kappa shape index (κ3) is 3.89. The second-order valence-corrected chi connectivity index (χ2v) is 7.34. The standard InChI is InChI=1S/C16H24N2O5/c1-8-10(14(21)18-13(8)20)12(19)11(9-6-5-7-9)17-15(22)23-16(2,3)4/h8-11H,5-7H2,1-4H3,(H,17,22)(H,18,20,21)/t8-,10+,11?/m0/s1. The maximum absolute atomic E-state index is 12.8. The summed E-state index contributed by atoms with van der Waals surface area (Å²) in [7, 11) is 0. The van der Waals surface area contributed by atoms with Crippen molar-refractivity contribution in [2.45, 2.75) is 58.6 Å². The third-order valence-electron chi connectivity index (χ3n) is 4.35. The first kappa shape index (κ1) is 17.4. The van der Waals surface area contributed by atoms with Gasteiger partial charge in [0.2, 0.25) is 11.8 Å². The lowest BCUT2D eigenvalue weighted by Gasteiger charge is -2.35. The number of alkyl carbamates (subject to hydrolysis) is 1. The molecule has 2 aliphatic rings. The highest BCUT2D eigenvalue weighted by Crippen LogP contribution is 2.33. The van der Waals surface area contributed by atoms with E-state index in [2.05, 4.69) is 10.6 Å². The summed E-state index contributed by atoms with van der Waals surface area (Å²) < 4.78 is 5.20. The van der Waals surface area contributed by atoms with E-state index in [4.69, 9.17) is 4.74 Å². The Labute approximate surface area is 135 Å². The summed E-state index contributed by atoms with van der Waals surface area (Å²) in [6, 6.07) is -0.789. The van der Waals surface area contributed by atoms with Gasteiger partial charge in [-0.2, -0.15) is 0 Å². The molecule has 0 aromatic rings. The fourth-order valence-corrected chi connectivity index (χ4v) is 2.89. The van der Waals surface area contributed by atoms with Crippen LogP contribution in [0, 0.1) is 17.8 Å². The average Bonchev–Trinajstić information content (AvgIpc) is 2.57. The van der Waals surface area contributed by atoms with E-state index in [1.807, 2.05) is 0 Å². The lowest BCUT2D eigenvalue weighted by molar-refractivity contribution is -0.135. The van der Waals surface area contributed by atoms with Gasteiger partial charge in [-0.15, -0.1) is 0 Å². The van der Waals surface area contributed by atoms with Crippen molar-refractivity contribution in [3.8, 4) is 0 Å². The van der Waals surface area contributed by atoms with Gasteiger partial charge in [0.25, 0.3) is 0 Å². The molecule has 7 nitrogen and oxygen atoms in total. The summed E-state index contributed by atoms with van der Waals surface area (Å²) in [5.41, 5.74) is -0.675. The number of ketones is 1. The molecule has 1 aliphatic carbocycles. The highest BCUT2D eigenvalue weighted by atomic mass is 16.6. The fourth-order valence-electron chi connectivity index (χ4n) is 2.89. The van der Waals surface area contributed by atoms with Crippen LogP contribution in [0.25, 0.3) is 0 Å². The lowest BCUT2D eigenvalue weighted by atomic mass is 9.74. The molecular weight excluding hydrogens is 300 g/mol. The SMILES string of the molecule is C[C@@H]1C(=O)NC(=O)[C@H]1C(=O)C(NC(=O)OC(C)(C)C)C1CCC1. The van der Waals surface area contributed by atoms with Crippen LogP contribution in [-0.4, -0.2) is 35.3 Å². The number of ether oxygens (including phenoxy) is 1. The van der Waals surface area contributed by atoms with Crippen molar-refractivity contribution in [1.29, 1.82) is 0 Å². The number of amides is 3. The molecule has 3 amide bonds. The molecule has 1 unspecified atom stereocenters. The predicted octanol–water partition coefficient (Wildman–Crippen LogP) is 1.16. The molecule has 2 fully saturated rings. The summed E-state index contributed by atoms with van der Waals surface area (Å²) in [5, 5.41) is 4.78. The Kier molecular flexibility index (Phi) is 4.77. The molecule has 0 aromatic carbocycles. The van der Waals surface area contributed by atoms with E-state index in [1.54, 1.807) is 27.7 Å². The molecule has 1 saturated carbocycles. The smallest absolute Gasteiger partial charge is 0.408 e. The topological polar surface area (TPSA) is 102 Å². The van der Waals surface area contributed by atoms with Gasteiger partial charge in [0, 0.05) is 0 Å². The van der Waals surface area contributed by atoms with E-state index in [9.17, 15) is 19.2 Å². The quantitative estimate of drug-likeness (QED) is 0.597. The van der Waals surface area contributed by atoms with E-state index in [0.29, 0.717) is 0 Å². The molecule has 1 saturated heterocycles. The van der Waals surface area contributed by atoms with Crippen LogP contribution in [0.4, 0.5) is 4.79 Å². The molecule has 2 N–H and O–H groups in total. The summed E-state index contributed by atoms with van der Waals surface area (Å²) in [6.07, 6.45) is 1.92. The highest BCUT2D eigenvalue weighted by Gasteiger charge is 2.48. The van der Waals surface area contributed by atoms with Gasteiger partial charge in [0.15, 0.2) is 5.78 Å². The summed E-state index contributed by atoms with van der Waals surface area (Å²) in [6.45, 7) is 6.75. The monoisotopic (exact) mass is 324 g/mol. The zero-order chi connectivity index (χ0) is 17.4. The predicted molar refractivity (Wildman–Crippen MR) is 81.3 cm³/mol. The van der Waals surface area contributed by atoms with Gasteiger partial charge in [-0.3, -0.25) is 19.7 Å². The molecule has 1 heterocycles. The molecule has 23 heavy (non-hydrogen) atoms. The van der Waals surface area contributed by atoms with Gasteiger partial charge < -0.3 is 10.1 Å². The van der Waals surface area contributed by atoms with E-state index in [-0.39, 0.29) is 5.92 Å². The number of imide groups is 1. The van der Waals surface area contributed by atoms with Gasteiger partial charge >= 0.3 is 6.09 Å². The van der Waals surface area contributed by atoms with Crippen molar-refractivity contribution >= 4 is 23.7 Å². The minimum Gasteiger partial charge on any atom is -0.444 e. The first-order valence-corrected chi connectivity index (χ1v) is 7.98. The van der Waals surface area contributed by atoms with Crippen LogP contribution in [-0.2, 0) is 19.1 Å². The Morgan fingerprint density at radius 3 is 2.22 bits per heavy atom. The third-order valence-corrected chi connectivity index (χ3v) is 4.35. The largest absolute Gasteiger partial charge is 0.444 e. The van der Waals surface area contributed by atoms with Crippen LogP contribution in [0.5, 0.6) is 0 Å².